The molecule has 0 saturated heterocycles. The van der Waals surface area contributed by atoms with Gasteiger partial charge in [-0.2, -0.15) is 0 Å². The van der Waals surface area contributed by atoms with Gasteiger partial charge in [-0.15, -0.1) is 0 Å². The van der Waals surface area contributed by atoms with Crippen LogP contribution in [0.5, 0.6) is 0 Å². The minimum atomic E-state index is -0.799. The van der Waals surface area contributed by atoms with Crippen LogP contribution in [-0.4, -0.2) is 16.1 Å². The molecular weight excluding hydrogens is 170 g/mol. The smallest absolute Gasteiger partial charge is 0.317 e. The van der Waals surface area contributed by atoms with Crippen LogP contribution in [0.15, 0.2) is 4.42 Å². The summed E-state index contributed by atoms with van der Waals surface area (Å²) >= 11 is 0. The van der Waals surface area contributed by atoms with Crippen LogP contribution in [0.25, 0.3) is 0 Å². The highest BCUT2D eigenvalue weighted by atomic mass is 16.4. The number of carboxylic acid groups (broad SMARTS) is 1. The number of rotatable bonds is 2. The van der Waals surface area contributed by atoms with Crippen molar-refractivity contribution in [2.45, 2.75) is 32.1 Å². The van der Waals surface area contributed by atoms with Crippen LogP contribution in [-0.2, 0) is 10.2 Å². The Morgan fingerprint density at radius 3 is 2.46 bits per heavy atom. The molecule has 0 bridgehead atoms. The van der Waals surface area contributed by atoms with Crippen LogP contribution in [0, 0.1) is 13.8 Å². The molecule has 13 heavy (non-hydrogen) atoms. The molecule has 1 N–H and O–H groups in total. The summed E-state index contributed by atoms with van der Waals surface area (Å²) in [5.74, 6) is 0.282. The van der Waals surface area contributed by atoms with Gasteiger partial charge in [0.05, 0.1) is 5.69 Å². The summed E-state index contributed by atoms with van der Waals surface area (Å²) in [5, 5.41) is 9.00. The van der Waals surface area contributed by atoms with Crippen LogP contribution in [0.1, 0.15) is 30.2 Å². The molecule has 0 amide bonds. The molecule has 1 heterocycles. The van der Waals surface area contributed by atoms with Crippen LogP contribution < -0.4 is 0 Å². The van der Waals surface area contributed by atoms with Crippen LogP contribution in [0.4, 0.5) is 0 Å². The van der Waals surface area contributed by atoms with Gasteiger partial charge in [0.15, 0.2) is 5.89 Å². The van der Waals surface area contributed by atoms with Crippen LogP contribution >= 0.6 is 0 Å². The minimum absolute atomic E-state index is 0.539. The van der Waals surface area contributed by atoms with Crippen molar-refractivity contribution in [1.29, 1.82) is 0 Å². The fraction of sp³-hybridized carbons (Fsp3) is 0.556. The molecule has 0 spiro atoms. The van der Waals surface area contributed by atoms with Crippen molar-refractivity contribution in [3.05, 3.63) is 17.3 Å². The van der Waals surface area contributed by atoms with E-state index in [0.717, 1.165) is 0 Å². The zero-order chi connectivity index (χ0) is 9.64. The van der Waals surface area contributed by atoms with Gasteiger partial charge in [0.1, 0.15) is 11.2 Å². The highest BCUT2D eigenvalue weighted by Crippen LogP contribution is 2.49. The normalized spacial score (nSPS) is 18.6. The summed E-state index contributed by atoms with van der Waals surface area (Å²) in [7, 11) is 0. The summed E-state index contributed by atoms with van der Waals surface area (Å²) in [4.78, 5) is 15.0. The Hall–Kier alpha value is -1.32. The summed E-state index contributed by atoms with van der Waals surface area (Å²) in [6, 6.07) is 0. The molecule has 1 saturated carbocycles. The zero-order valence-electron chi connectivity index (χ0n) is 7.63. The fourth-order valence-corrected chi connectivity index (χ4v) is 1.64. The average Bonchev–Trinajstić information content (AvgIpc) is 2.75. The molecule has 2 rings (SSSR count). The quantitative estimate of drug-likeness (QED) is 0.749. The number of oxazole rings is 1. The third kappa shape index (κ3) is 1.05. The Morgan fingerprint density at radius 2 is 2.15 bits per heavy atom. The summed E-state index contributed by atoms with van der Waals surface area (Å²) in [6.45, 7) is 3.52. The van der Waals surface area contributed by atoms with E-state index in [0.29, 0.717) is 30.2 Å². The van der Waals surface area contributed by atoms with Crippen LogP contribution in [0.2, 0.25) is 0 Å². The Labute approximate surface area is 75.6 Å². The molecule has 1 fully saturated rings. The van der Waals surface area contributed by atoms with Gasteiger partial charge >= 0.3 is 5.97 Å². The first-order valence-corrected chi connectivity index (χ1v) is 4.24. The second-order valence-corrected chi connectivity index (χ2v) is 3.53. The van der Waals surface area contributed by atoms with Gasteiger partial charge in [-0.25, -0.2) is 4.98 Å². The van der Waals surface area contributed by atoms with E-state index < -0.39 is 11.4 Å². The van der Waals surface area contributed by atoms with E-state index in [9.17, 15) is 4.79 Å². The molecule has 0 radical (unpaired) electrons. The van der Waals surface area contributed by atoms with Crippen molar-refractivity contribution in [1.82, 2.24) is 4.98 Å². The Kier molecular flexibility index (Phi) is 1.49. The molecule has 0 aromatic carbocycles. The number of aliphatic carboxylic acids is 1. The highest BCUT2D eigenvalue weighted by Gasteiger charge is 2.55. The van der Waals surface area contributed by atoms with Crippen molar-refractivity contribution in [2.24, 2.45) is 0 Å². The molecule has 4 heteroatoms. The predicted molar refractivity (Wildman–Crippen MR) is 44.5 cm³/mol. The van der Waals surface area contributed by atoms with E-state index in [1.165, 1.54) is 0 Å². The minimum Gasteiger partial charge on any atom is -0.480 e. The molecule has 1 aliphatic rings. The number of aromatic nitrogens is 1. The van der Waals surface area contributed by atoms with E-state index in [-0.39, 0.29) is 0 Å². The topological polar surface area (TPSA) is 63.3 Å². The first kappa shape index (κ1) is 8.29. The number of hydrogen-bond donors (Lipinski definition) is 1. The molecular formula is C9H11NO3. The highest BCUT2D eigenvalue weighted by molar-refractivity contribution is 5.84. The molecule has 0 aliphatic heterocycles. The van der Waals surface area contributed by atoms with Gasteiger partial charge in [-0.3, -0.25) is 4.79 Å². The van der Waals surface area contributed by atoms with Gasteiger partial charge in [-0.1, -0.05) is 0 Å². The number of nitrogens with zero attached hydrogens (tertiary/aromatic N) is 1. The third-order valence-corrected chi connectivity index (χ3v) is 2.50. The number of aryl methyl sites for hydroxylation is 2. The van der Waals surface area contributed by atoms with Crippen molar-refractivity contribution >= 4 is 5.97 Å². The summed E-state index contributed by atoms with van der Waals surface area (Å²) < 4.78 is 5.31. The van der Waals surface area contributed by atoms with Crippen molar-refractivity contribution in [3.63, 3.8) is 0 Å². The zero-order valence-corrected chi connectivity index (χ0v) is 7.63. The van der Waals surface area contributed by atoms with Gasteiger partial charge in [0.2, 0.25) is 0 Å². The van der Waals surface area contributed by atoms with E-state index >= 15 is 0 Å². The van der Waals surface area contributed by atoms with Gasteiger partial charge in [0.25, 0.3) is 0 Å². The molecule has 4 nitrogen and oxygen atoms in total. The van der Waals surface area contributed by atoms with Crippen molar-refractivity contribution < 1.29 is 14.3 Å². The molecule has 0 unspecified atom stereocenters. The number of carbonyl (C=O) groups is 1. The molecule has 1 aromatic heterocycles. The molecule has 0 atom stereocenters. The number of carboxylic acids is 1. The van der Waals surface area contributed by atoms with Gasteiger partial charge < -0.3 is 9.52 Å². The second-order valence-electron chi connectivity index (χ2n) is 3.53. The lowest BCUT2D eigenvalue weighted by atomic mass is 10.0. The summed E-state index contributed by atoms with van der Waals surface area (Å²) in [6.07, 6.45) is 1.33. The summed E-state index contributed by atoms with van der Waals surface area (Å²) in [5.41, 5.74) is -0.0527. The Morgan fingerprint density at radius 1 is 1.54 bits per heavy atom. The molecule has 70 valence electrons. The molecule has 1 aromatic rings. The standard InChI is InChI=1S/C9H11NO3/c1-5-7(13-6(2)10-5)9(3-4-9)8(11)12/h3-4H2,1-2H3,(H,11,12). The van der Waals surface area contributed by atoms with E-state index in [1.54, 1.807) is 13.8 Å². The lowest BCUT2D eigenvalue weighted by Gasteiger charge is -2.05. The monoisotopic (exact) mass is 181 g/mol. The first-order valence-electron chi connectivity index (χ1n) is 4.24. The van der Waals surface area contributed by atoms with E-state index in [2.05, 4.69) is 4.98 Å². The number of hydrogen-bond acceptors (Lipinski definition) is 3. The lowest BCUT2D eigenvalue weighted by Crippen LogP contribution is -2.19. The Balaban J connectivity index is 2.46. The largest absolute Gasteiger partial charge is 0.480 e. The predicted octanol–water partition coefficient (Wildman–Crippen LogP) is 1.41. The fourth-order valence-electron chi connectivity index (χ4n) is 1.64. The maximum atomic E-state index is 11.0. The van der Waals surface area contributed by atoms with Crippen molar-refractivity contribution in [3.8, 4) is 0 Å². The van der Waals surface area contributed by atoms with Gasteiger partial charge in [-0.05, 0) is 19.8 Å². The molecule has 1 aliphatic carbocycles. The van der Waals surface area contributed by atoms with E-state index in [1.807, 2.05) is 0 Å². The second kappa shape index (κ2) is 2.34. The Bertz CT molecular complexity index is 363. The van der Waals surface area contributed by atoms with E-state index in [4.69, 9.17) is 9.52 Å². The maximum absolute atomic E-state index is 11.0. The average molecular weight is 181 g/mol. The van der Waals surface area contributed by atoms with Gasteiger partial charge in [0, 0.05) is 6.92 Å². The lowest BCUT2D eigenvalue weighted by molar-refractivity contribution is -0.140. The third-order valence-electron chi connectivity index (χ3n) is 2.50. The maximum Gasteiger partial charge on any atom is 0.317 e. The first-order chi connectivity index (χ1) is 6.06. The van der Waals surface area contributed by atoms with Crippen molar-refractivity contribution in [2.75, 3.05) is 0 Å². The van der Waals surface area contributed by atoms with Crippen LogP contribution in [0.3, 0.4) is 0 Å². The SMILES string of the molecule is Cc1nc(C)c(C2(C(=O)O)CC2)o1.